The third kappa shape index (κ3) is 4.69. The van der Waals surface area contributed by atoms with E-state index >= 15 is 0 Å². The molecule has 0 fully saturated rings. The number of nitrogens with zero attached hydrogens (tertiary/aromatic N) is 2. The Kier molecular flexibility index (Phi) is 5.07. The zero-order valence-electron chi connectivity index (χ0n) is 11.7. The number of carbonyl (C=O) groups is 1. The van der Waals surface area contributed by atoms with E-state index in [0.717, 1.165) is 5.69 Å². The van der Waals surface area contributed by atoms with E-state index in [9.17, 15) is 4.79 Å². The van der Waals surface area contributed by atoms with Crippen molar-refractivity contribution in [2.24, 2.45) is 5.92 Å². The smallest absolute Gasteiger partial charge is 0.242 e. The highest BCUT2D eigenvalue weighted by molar-refractivity contribution is 5.83. The molecule has 1 aromatic heterocycles. The molecule has 5 heteroatoms. The van der Waals surface area contributed by atoms with Gasteiger partial charge in [0.2, 0.25) is 5.91 Å². The van der Waals surface area contributed by atoms with Gasteiger partial charge in [0.1, 0.15) is 17.7 Å². The first-order valence-corrected chi connectivity index (χ1v) is 6.25. The fraction of sp³-hybridized carbons (Fsp3) is 0.615. The highest BCUT2D eigenvalue weighted by Crippen LogP contribution is 2.07. The van der Waals surface area contributed by atoms with Gasteiger partial charge in [0.05, 0.1) is 0 Å². The molecule has 2 N–H and O–H groups in total. The van der Waals surface area contributed by atoms with Crippen LogP contribution in [-0.2, 0) is 4.79 Å². The summed E-state index contributed by atoms with van der Waals surface area (Å²) < 4.78 is 0. The van der Waals surface area contributed by atoms with E-state index in [1.165, 1.54) is 0 Å². The highest BCUT2D eigenvalue weighted by atomic mass is 16.2. The van der Waals surface area contributed by atoms with Crippen LogP contribution in [0.2, 0.25) is 0 Å². The largest absolute Gasteiger partial charge is 0.359 e. The SMILES string of the molecule is Cc1cc(NC(C)C(=O)NCC(C)C)nc(C)n1. The Labute approximate surface area is 108 Å². The van der Waals surface area contributed by atoms with E-state index in [-0.39, 0.29) is 11.9 Å². The van der Waals surface area contributed by atoms with Crippen molar-refractivity contribution in [2.75, 3.05) is 11.9 Å². The molecule has 1 rings (SSSR count). The number of amides is 1. The molecule has 0 aliphatic rings. The average molecular weight is 250 g/mol. The maximum Gasteiger partial charge on any atom is 0.242 e. The van der Waals surface area contributed by atoms with Crippen LogP contribution in [0.1, 0.15) is 32.3 Å². The van der Waals surface area contributed by atoms with Crippen molar-refractivity contribution >= 4 is 11.7 Å². The summed E-state index contributed by atoms with van der Waals surface area (Å²) in [6, 6.07) is 1.52. The monoisotopic (exact) mass is 250 g/mol. The van der Waals surface area contributed by atoms with Crippen LogP contribution >= 0.6 is 0 Å². The zero-order valence-corrected chi connectivity index (χ0v) is 11.7. The van der Waals surface area contributed by atoms with Crippen molar-refractivity contribution < 1.29 is 4.79 Å². The van der Waals surface area contributed by atoms with Crippen molar-refractivity contribution in [1.82, 2.24) is 15.3 Å². The number of hydrogen-bond acceptors (Lipinski definition) is 4. The maximum atomic E-state index is 11.8. The Morgan fingerprint density at radius 3 is 2.50 bits per heavy atom. The summed E-state index contributed by atoms with van der Waals surface area (Å²) in [7, 11) is 0. The number of hydrogen-bond donors (Lipinski definition) is 2. The zero-order chi connectivity index (χ0) is 13.7. The van der Waals surface area contributed by atoms with Crippen molar-refractivity contribution in [1.29, 1.82) is 0 Å². The number of anilines is 1. The van der Waals surface area contributed by atoms with Crippen molar-refractivity contribution in [3.05, 3.63) is 17.6 Å². The molecule has 0 bridgehead atoms. The second kappa shape index (κ2) is 6.33. The summed E-state index contributed by atoms with van der Waals surface area (Å²) in [6.07, 6.45) is 0. The fourth-order valence-electron chi connectivity index (χ4n) is 1.54. The number of rotatable bonds is 5. The van der Waals surface area contributed by atoms with Gasteiger partial charge in [-0.3, -0.25) is 4.79 Å². The molecule has 1 unspecified atom stereocenters. The molecule has 100 valence electrons. The van der Waals surface area contributed by atoms with Crippen LogP contribution in [0, 0.1) is 19.8 Å². The summed E-state index contributed by atoms with van der Waals surface area (Å²) in [5.74, 6) is 1.82. The van der Waals surface area contributed by atoms with Gasteiger partial charge in [-0.2, -0.15) is 0 Å². The van der Waals surface area contributed by atoms with Gasteiger partial charge in [-0.1, -0.05) is 13.8 Å². The first-order chi connectivity index (χ1) is 8.38. The molecular formula is C13H22N4O. The summed E-state index contributed by atoms with van der Waals surface area (Å²) in [5, 5.41) is 5.97. The van der Waals surface area contributed by atoms with E-state index in [1.807, 2.05) is 26.8 Å². The molecule has 0 spiro atoms. The third-order valence-corrected chi connectivity index (χ3v) is 2.41. The molecule has 0 saturated carbocycles. The minimum atomic E-state index is -0.308. The van der Waals surface area contributed by atoms with E-state index in [1.54, 1.807) is 0 Å². The molecule has 0 aliphatic heterocycles. The van der Waals surface area contributed by atoms with Gasteiger partial charge in [0, 0.05) is 18.3 Å². The van der Waals surface area contributed by atoms with Crippen LogP contribution in [0.5, 0.6) is 0 Å². The standard InChI is InChI=1S/C13H22N4O/c1-8(2)7-14-13(18)10(4)16-12-6-9(3)15-11(5)17-12/h6,8,10H,7H2,1-5H3,(H,14,18)(H,15,16,17). The van der Waals surface area contributed by atoms with Crippen LogP contribution in [0.3, 0.4) is 0 Å². The number of carbonyl (C=O) groups excluding carboxylic acids is 1. The lowest BCUT2D eigenvalue weighted by Gasteiger charge is -2.16. The molecule has 1 amide bonds. The lowest BCUT2D eigenvalue weighted by atomic mass is 10.2. The van der Waals surface area contributed by atoms with Crippen LogP contribution in [0.25, 0.3) is 0 Å². The molecule has 5 nitrogen and oxygen atoms in total. The summed E-state index contributed by atoms with van der Waals surface area (Å²) in [6.45, 7) is 10.4. The third-order valence-electron chi connectivity index (χ3n) is 2.41. The second-order valence-electron chi connectivity index (χ2n) is 4.95. The van der Waals surface area contributed by atoms with Gasteiger partial charge in [-0.25, -0.2) is 9.97 Å². The van der Waals surface area contributed by atoms with Crippen LogP contribution in [0.15, 0.2) is 6.07 Å². The van der Waals surface area contributed by atoms with Crippen LogP contribution < -0.4 is 10.6 Å². The summed E-state index contributed by atoms with van der Waals surface area (Å²) >= 11 is 0. The lowest BCUT2D eigenvalue weighted by Crippen LogP contribution is -2.39. The molecule has 0 aromatic carbocycles. The summed E-state index contributed by atoms with van der Waals surface area (Å²) in [5.41, 5.74) is 0.889. The van der Waals surface area contributed by atoms with Crippen molar-refractivity contribution in [2.45, 2.75) is 40.7 Å². The van der Waals surface area contributed by atoms with Crippen molar-refractivity contribution in [3.63, 3.8) is 0 Å². The molecule has 0 radical (unpaired) electrons. The Balaban J connectivity index is 2.58. The van der Waals surface area contributed by atoms with E-state index in [2.05, 4.69) is 34.4 Å². The number of aromatic nitrogens is 2. The maximum absolute atomic E-state index is 11.8. The molecule has 1 atom stereocenters. The molecule has 1 aromatic rings. The minimum absolute atomic E-state index is 0.0161. The lowest BCUT2D eigenvalue weighted by molar-refractivity contribution is -0.121. The number of aryl methyl sites for hydroxylation is 2. The number of nitrogens with one attached hydrogen (secondary N) is 2. The van der Waals surface area contributed by atoms with Crippen molar-refractivity contribution in [3.8, 4) is 0 Å². The Morgan fingerprint density at radius 1 is 1.28 bits per heavy atom. The molecule has 1 heterocycles. The van der Waals surface area contributed by atoms with Gasteiger partial charge >= 0.3 is 0 Å². The Bertz CT molecular complexity index is 397. The highest BCUT2D eigenvalue weighted by Gasteiger charge is 2.13. The summed E-state index contributed by atoms with van der Waals surface area (Å²) in [4.78, 5) is 20.2. The predicted octanol–water partition coefficient (Wildman–Crippen LogP) is 1.67. The first-order valence-electron chi connectivity index (χ1n) is 6.25. The molecule has 0 aliphatic carbocycles. The van der Waals surface area contributed by atoms with Gasteiger partial charge < -0.3 is 10.6 Å². The van der Waals surface area contributed by atoms with Crippen LogP contribution in [0.4, 0.5) is 5.82 Å². The van der Waals surface area contributed by atoms with E-state index < -0.39 is 0 Å². The van der Waals surface area contributed by atoms with E-state index in [0.29, 0.717) is 24.1 Å². The molecule has 0 saturated heterocycles. The van der Waals surface area contributed by atoms with Gasteiger partial charge in [0.15, 0.2) is 0 Å². The molecular weight excluding hydrogens is 228 g/mol. The molecule has 18 heavy (non-hydrogen) atoms. The normalized spacial score (nSPS) is 12.3. The van der Waals surface area contributed by atoms with Crippen LogP contribution in [-0.4, -0.2) is 28.5 Å². The van der Waals surface area contributed by atoms with Gasteiger partial charge in [0.25, 0.3) is 0 Å². The van der Waals surface area contributed by atoms with Gasteiger partial charge in [-0.15, -0.1) is 0 Å². The first kappa shape index (κ1) is 14.4. The predicted molar refractivity (Wildman–Crippen MR) is 72.4 cm³/mol. The Morgan fingerprint density at radius 2 is 1.94 bits per heavy atom. The van der Waals surface area contributed by atoms with Gasteiger partial charge in [-0.05, 0) is 26.7 Å². The Hall–Kier alpha value is -1.65. The van der Waals surface area contributed by atoms with E-state index in [4.69, 9.17) is 0 Å². The quantitative estimate of drug-likeness (QED) is 0.834. The average Bonchev–Trinajstić information content (AvgIpc) is 2.24. The minimum Gasteiger partial charge on any atom is -0.359 e. The second-order valence-corrected chi connectivity index (χ2v) is 4.95. The fourth-order valence-corrected chi connectivity index (χ4v) is 1.54. The topological polar surface area (TPSA) is 66.9 Å².